The highest BCUT2D eigenvalue weighted by Crippen LogP contribution is 2.30. The second kappa shape index (κ2) is 7.20. The highest BCUT2D eigenvalue weighted by atomic mass is 79.9. The van der Waals surface area contributed by atoms with Gasteiger partial charge < -0.3 is 5.32 Å². The Morgan fingerprint density at radius 2 is 2.00 bits per heavy atom. The smallest absolute Gasteiger partial charge is 0.137 e. The van der Waals surface area contributed by atoms with Gasteiger partial charge in [-0.15, -0.1) is 0 Å². The summed E-state index contributed by atoms with van der Waals surface area (Å²) in [6.45, 7) is 0. The highest BCUT2D eigenvalue weighted by Gasteiger charge is 2.16. The third kappa shape index (κ3) is 3.90. The summed E-state index contributed by atoms with van der Waals surface area (Å²) in [5.74, 6) is -0.191. The number of halogens is 2. The molecule has 0 fully saturated rings. The van der Waals surface area contributed by atoms with Gasteiger partial charge in [0.05, 0.1) is 10.5 Å². The fourth-order valence-corrected chi connectivity index (χ4v) is 2.98. The van der Waals surface area contributed by atoms with Crippen LogP contribution in [0.15, 0.2) is 34.3 Å². The molecule has 104 valence electrons. The topological polar surface area (TPSA) is 12.0 Å². The lowest BCUT2D eigenvalue weighted by Gasteiger charge is -2.22. The molecule has 1 N–H and O–H groups in total. The number of hydrogen-bond acceptors (Lipinski definition) is 1. The van der Waals surface area contributed by atoms with Crippen molar-refractivity contribution in [1.82, 2.24) is 5.32 Å². The minimum Gasteiger partial charge on any atom is -0.310 e. The Hall–Kier alpha value is -0.670. The van der Waals surface area contributed by atoms with Crippen LogP contribution in [-0.2, 0) is 0 Å². The maximum atomic E-state index is 13.7. The molecular weight excluding hydrogens is 305 g/mol. The van der Waals surface area contributed by atoms with E-state index in [4.69, 9.17) is 0 Å². The molecule has 0 aliphatic heterocycles. The Morgan fingerprint density at radius 1 is 1.21 bits per heavy atom. The first-order chi connectivity index (χ1) is 9.22. The van der Waals surface area contributed by atoms with Crippen molar-refractivity contribution in [3.05, 3.63) is 45.7 Å². The second-order valence-electron chi connectivity index (χ2n) is 5.13. The fourth-order valence-electron chi connectivity index (χ4n) is 2.74. The SMILES string of the molecule is CNC(/C1=C/CCCCCC1)c1ccc(Br)c(F)c1. The van der Waals surface area contributed by atoms with Crippen LogP contribution in [0.2, 0.25) is 0 Å². The number of likely N-dealkylation sites (N-methyl/N-ethyl adjacent to an activating group) is 1. The van der Waals surface area contributed by atoms with Crippen molar-refractivity contribution in [3.63, 3.8) is 0 Å². The molecule has 3 heteroatoms. The third-order valence-electron chi connectivity index (χ3n) is 3.76. The molecule has 2 rings (SSSR count). The van der Waals surface area contributed by atoms with Crippen LogP contribution in [0.1, 0.15) is 50.1 Å². The van der Waals surface area contributed by atoms with Gasteiger partial charge in [0, 0.05) is 0 Å². The van der Waals surface area contributed by atoms with Crippen molar-refractivity contribution in [3.8, 4) is 0 Å². The molecule has 1 atom stereocenters. The van der Waals surface area contributed by atoms with Gasteiger partial charge in [0.1, 0.15) is 5.82 Å². The minimum atomic E-state index is -0.191. The first-order valence-corrected chi connectivity index (χ1v) is 7.83. The zero-order valence-corrected chi connectivity index (χ0v) is 13.0. The van der Waals surface area contributed by atoms with Crippen molar-refractivity contribution in [1.29, 1.82) is 0 Å². The van der Waals surface area contributed by atoms with Crippen LogP contribution >= 0.6 is 15.9 Å². The summed E-state index contributed by atoms with van der Waals surface area (Å²) in [5.41, 5.74) is 2.42. The molecule has 0 aromatic heterocycles. The Kier molecular flexibility index (Phi) is 5.59. The van der Waals surface area contributed by atoms with Gasteiger partial charge in [-0.3, -0.25) is 0 Å². The number of benzene rings is 1. The predicted molar refractivity (Wildman–Crippen MR) is 81.7 cm³/mol. The molecule has 0 radical (unpaired) electrons. The Balaban J connectivity index is 2.24. The number of nitrogens with one attached hydrogen (secondary N) is 1. The molecule has 1 aliphatic carbocycles. The number of hydrogen-bond donors (Lipinski definition) is 1. The standard InChI is InChI=1S/C16H21BrFN/c1-19-16(12-7-5-3-2-4-6-8-12)13-9-10-14(17)15(18)11-13/h7,9-11,16,19H,2-6,8H2,1H3/b12-7+. The van der Waals surface area contributed by atoms with Gasteiger partial charge in [0.15, 0.2) is 0 Å². The predicted octanol–water partition coefficient (Wildman–Crippen LogP) is 5.13. The Bertz CT molecular complexity index is 456. The Labute approximate surface area is 123 Å². The molecule has 0 amide bonds. The summed E-state index contributed by atoms with van der Waals surface area (Å²) in [5, 5.41) is 3.33. The maximum absolute atomic E-state index is 13.7. The summed E-state index contributed by atoms with van der Waals surface area (Å²) in [6, 6.07) is 5.55. The summed E-state index contributed by atoms with van der Waals surface area (Å²) < 4.78 is 14.2. The van der Waals surface area contributed by atoms with Gasteiger partial charge in [-0.05, 0) is 66.4 Å². The van der Waals surface area contributed by atoms with E-state index in [1.807, 2.05) is 13.1 Å². The molecule has 1 nitrogen and oxygen atoms in total. The molecule has 1 aromatic rings. The van der Waals surface area contributed by atoms with Crippen molar-refractivity contribution in [2.45, 2.75) is 44.6 Å². The van der Waals surface area contributed by atoms with E-state index in [2.05, 4.69) is 27.3 Å². The lowest BCUT2D eigenvalue weighted by molar-refractivity contribution is 0.568. The van der Waals surface area contributed by atoms with Gasteiger partial charge in [-0.2, -0.15) is 0 Å². The first-order valence-electron chi connectivity index (χ1n) is 7.03. The third-order valence-corrected chi connectivity index (χ3v) is 4.41. The van der Waals surface area contributed by atoms with Crippen molar-refractivity contribution in [2.75, 3.05) is 7.05 Å². The molecule has 0 spiro atoms. The van der Waals surface area contributed by atoms with E-state index in [0.29, 0.717) is 4.47 Å². The summed E-state index contributed by atoms with van der Waals surface area (Å²) in [6.07, 6.45) is 9.76. The molecule has 1 aromatic carbocycles. The van der Waals surface area contributed by atoms with Gasteiger partial charge >= 0.3 is 0 Å². The van der Waals surface area contributed by atoms with Gasteiger partial charge in [-0.25, -0.2) is 4.39 Å². The minimum absolute atomic E-state index is 0.140. The van der Waals surface area contributed by atoms with Crippen LogP contribution in [0.4, 0.5) is 4.39 Å². The lowest BCUT2D eigenvalue weighted by atomic mass is 9.91. The number of rotatable bonds is 3. The maximum Gasteiger partial charge on any atom is 0.137 e. The molecule has 0 saturated heterocycles. The monoisotopic (exact) mass is 325 g/mol. The number of allylic oxidation sites excluding steroid dienone is 1. The summed E-state index contributed by atoms with van der Waals surface area (Å²) in [7, 11) is 1.95. The van der Waals surface area contributed by atoms with Crippen molar-refractivity contribution in [2.24, 2.45) is 0 Å². The highest BCUT2D eigenvalue weighted by molar-refractivity contribution is 9.10. The average Bonchev–Trinajstić information content (AvgIpc) is 2.36. The molecule has 0 saturated carbocycles. The molecule has 19 heavy (non-hydrogen) atoms. The average molecular weight is 326 g/mol. The Morgan fingerprint density at radius 3 is 2.74 bits per heavy atom. The van der Waals surface area contributed by atoms with Gasteiger partial charge in [0.25, 0.3) is 0 Å². The van der Waals surface area contributed by atoms with E-state index >= 15 is 0 Å². The molecule has 0 heterocycles. The van der Waals surface area contributed by atoms with Crippen LogP contribution in [0.5, 0.6) is 0 Å². The zero-order chi connectivity index (χ0) is 13.7. The van der Waals surface area contributed by atoms with E-state index in [0.717, 1.165) is 18.4 Å². The van der Waals surface area contributed by atoms with Crippen LogP contribution < -0.4 is 5.32 Å². The summed E-state index contributed by atoms with van der Waals surface area (Å²) in [4.78, 5) is 0. The molecular formula is C16H21BrFN. The summed E-state index contributed by atoms with van der Waals surface area (Å²) >= 11 is 3.21. The second-order valence-corrected chi connectivity index (χ2v) is 5.98. The van der Waals surface area contributed by atoms with E-state index in [-0.39, 0.29) is 11.9 Å². The molecule has 1 aliphatic rings. The van der Waals surface area contributed by atoms with Crippen molar-refractivity contribution < 1.29 is 4.39 Å². The first kappa shape index (κ1) is 14.7. The normalized spacial score (nSPS) is 21.1. The van der Waals surface area contributed by atoms with E-state index < -0.39 is 0 Å². The van der Waals surface area contributed by atoms with Crippen LogP contribution in [0.3, 0.4) is 0 Å². The van der Waals surface area contributed by atoms with Crippen LogP contribution in [0.25, 0.3) is 0 Å². The fraction of sp³-hybridized carbons (Fsp3) is 0.500. The van der Waals surface area contributed by atoms with Gasteiger partial charge in [0.2, 0.25) is 0 Å². The molecule has 1 unspecified atom stereocenters. The zero-order valence-electron chi connectivity index (χ0n) is 11.4. The lowest BCUT2D eigenvalue weighted by Crippen LogP contribution is -2.19. The molecule has 0 bridgehead atoms. The van der Waals surface area contributed by atoms with E-state index in [1.165, 1.54) is 31.3 Å². The van der Waals surface area contributed by atoms with Gasteiger partial charge in [-0.1, -0.05) is 30.6 Å². The van der Waals surface area contributed by atoms with E-state index in [9.17, 15) is 4.39 Å². The van der Waals surface area contributed by atoms with Crippen molar-refractivity contribution >= 4 is 15.9 Å². The largest absolute Gasteiger partial charge is 0.310 e. The van der Waals surface area contributed by atoms with Crippen LogP contribution in [-0.4, -0.2) is 7.05 Å². The quantitative estimate of drug-likeness (QED) is 0.759. The van der Waals surface area contributed by atoms with Crippen LogP contribution in [0, 0.1) is 5.82 Å². The van der Waals surface area contributed by atoms with E-state index in [1.54, 1.807) is 12.1 Å².